The molecule has 1 heterocycles. The lowest BCUT2D eigenvalue weighted by molar-refractivity contribution is 0.0701. The lowest BCUT2D eigenvalue weighted by atomic mass is 9.90. The Bertz CT molecular complexity index is 790. The Balaban J connectivity index is 1.54. The number of aryl methyl sites for hydroxylation is 2. The molecular formula is C22H27ClO4S. The van der Waals surface area contributed by atoms with Crippen molar-refractivity contribution in [3.05, 3.63) is 51.7 Å². The number of benzene rings is 1. The van der Waals surface area contributed by atoms with Crippen molar-refractivity contribution in [1.29, 1.82) is 0 Å². The summed E-state index contributed by atoms with van der Waals surface area (Å²) in [5.74, 6) is 0.180. The normalized spacial score (nSPS) is 24.4. The summed E-state index contributed by atoms with van der Waals surface area (Å²) >= 11 is 7.86. The van der Waals surface area contributed by atoms with Gasteiger partial charge in [0.1, 0.15) is 10.6 Å². The van der Waals surface area contributed by atoms with Gasteiger partial charge >= 0.3 is 5.97 Å². The molecule has 2 aromatic rings. The van der Waals surface area contributed by atoms with Gasteiger partial charge in [0.2, 0.25) is 0 Å². The number of carbonyl (C=O) groups is 1. The van der Waals surface area contributed by atoms with E-state index in [9.17, 15) is 9.90 Å². The van der Waals surface area contributed by atoms with Crippen LogP contribution in [0, 0.1) is 11.8 Å². The van der Waals surface area contributed by atoms with E-state index in [0.29, 0.717) is 17.9 Å². The van der Waals surface area contributed by atoms with Crippen molar-refractivity contribution in [3.8, 4) is 5.75 Å². The summed E-state index contributed by atoms with van der Waals surface area (Å²) in [5.41, 5.74) is 1.23. The molecule has 1 aliphatic rings. The van der Waals surface area contributed by atoms with Gasteiger partial charge in [0.05, 0.1) is 12.7 Å². The van der Waals surface area contributed by atoms with Crippen LogP contribution >= 0.6 is 22.9 Å². The van der Waals surface area contributed by atoms with E-state index in [0.717, 1.165) is 36.3 Å². The van der Waals surface area contributed by atoms with Gasteiger partial charge in [-0.05, 0) is 67.9 Å². The largest absolute Gasteiger partial charge is 0.493 e. The molecule has 1 fully saturated rings. The average molecular weight is 423 g/mol. The van der Waals surface area contributed by atoms with Crippen LogP contribution in [0.15, 0.2) is 36.4 Å². The molecule has 3 rings (SSSR count). The van der Waals surface area contributed by atoms with Crippen molar-refractivity contribution in [2.24, 2.45) is 11.8 Å². The van der Waals surface area contributed by atoms with Gasteiger partial charge in [-0.2, -0.15) is 0 Å². The van der Waals surface area contributed by atoms with Gasteiger partial charge in [-0.15, -0.1) is 22.9 Å². The highest BCUT2D eigenvalue weighted by Gasteiger charge is 2.41. The van der Waals surface area contributed by atoms with Crippen molar-refractivity contribution < 1.29 is 19.7 Å². The summed E-state index contributed by atoms with van der Waals surface area (Å²) in [6.45, 7) is 2.57. The molecule has 28 heavy (non-hydrogen) atoms. The summed E-state index contributed by atoms with van der Waals surface area (Å²) in [5, 5.41) is 19.4. The van der Waals surface area contributed by atoms with Crippen LogP contribution in [0.2, 0.25) is 0 Å². The molecule has 2 N–H and O–H groups in total. The second-order valence-electron chi connectivity index (χ2n) is 7.42. The van der Waals surface area contributed by atoms with Crippen molar-refractivity contribution >= 4 is 28.9 Å². The molecule has 152 valence electrons. The SMILES string of the molecule is CCc1cccc(OC[C@@H]2[C@@H](CCCc3ccc(C(=O)O)s3)[C@H](Cl)C[C@H]2O)c1. The maximum absolute atomic E-state index is 11.0. The van der Waals surface area contributed by atoms with Crippen LogP contribution in [-0.2, 0) is 12.8 Å². The zero-order chi connectivity index (χ0) is 20.1. The minimum atomic E-state index is -0.875. The van der Waals surface area contributed by atoms with Crippen LogP contribution in [0.1, 0.15) is 46.3 Å². The van der Waals surface area contributed by atoms with Crippen LogP contribution in [0.25, 0.3) is 0 Å². The van der Waals surface area contributed by atoms with E-state index in [2.05, 4.69) is 13.0 Å². The number of hydrogen-bond acceptors (Lipinski definition) is 4. The lowest BCUT2D eigenvalue weighted by Crippen LogP contribution is -2.27. The zero-order valence-corrected chi connectivity index (χ0v) is 17.6. The van der Waals surface area contributed by atoms with Gasteiger partial charge < -0.3 is 14.9 Å². The minimum Gasteiger partial charge on any atom is -0.493 e. The van der Waals surface area contributed by atoms with Crippen molar-refractivity contribution in [2.75, 3.05) is 6.61 Å². The van der Waals surface area contributed by atoms with E-state index in [1.807, 2.05) is 24.3 Å². The third kappa shape index (κ3) is 5.28. The average Bonchev–Trinajstić information content (AvgIpc) is 3.25. The molecule has 0 bridgehead atoms. The van der Waals surface area contributed by atoms with E-state index >= 15 is 0 Å². The van der Waals surface area contributed by atoms with Crippen LogP contribution in [-0.4, -0.2) is 34.3 Å². The number of rotatable bonds is 9. The number of aliphatic hydroxyl groups excluding tert-OH is 1. The number of aromatic carboxylic acids is 1. The summed E-state index contributed by atoms with van der Waals surface area (Å²) in [4.78, 5) is 12.5. The van der Waals surface area contributed by atoms with Crippen molar-refractivity contribution in [2.45, 2.75) is 50.5 Å². The van der Waals surface area contributed by atoms with Crippen LogP contribution in [0.4, 0.5) is 0 Å². The van der Waals surface area contributed by atoms with E-state index in [4.69, 9.17) is 21.4 Å². The predicted molar refractivity (Wildman–Crippen MR) is 113 cm³/mol. The van der Waals surface area contributed by atoms with Crippen molar-refractivity contribution in [3.63, 3.8) is 0 Å². The van der Waals surface area contributed by atoms with Gasteiger partial charge in [0.15, 0.2) is 0 Å². The summed E-state index contributed by atoms with van der Waals surface area (Å²) in [7, 11) is 0. The maximum Gasteiger partial charge on any atom is 0.345 e. The molecule has 1 aromatic carbocycles. The fourth-order valence-electron chi connectivity index (χ4n) is 3.95. The molecule has 6 heteroatoms. The van der Waals surface area contributed by atoms with E-state index in [1.165, 1.54) is 16.9 Å². The minimum absolute atomic E-state index is 0.0192. The fraction of sp³-hybridized carbons (Fsp3) is 0.500. The Morgan fingerprint density at radius 3 is 2.82 bits per heavy atom. The first kappa shape index (κ1) is 21.2. The summed E-state index contributed by atoms with van der Waals surface area (Å²) < 4.78 is 5.99. The fourth-order valence-corrected chi connectivity index (χ4v) is 5.33. The molecule has 0 amide bonds. The molecule has 1 aromatic heterocycles. The number of thiophene rings is 1. The lowest BCUT2D eigenvalue weighted by Gasteiger charge is -2.23. The van der Waals surface area contributed by atoms with Gasteiger partial charge in [-0.3, -0.25) is 0 Å². The van der Waals surface area contributed by atoms with E-state index in [1.54, 1.807) is 6.07 Å². The molecule has 0 radical (unpaired) electrons. The highest BCUT2D eigenvalue weighted by atomic mass is 35.5. The zero-order valence-electron chi connectivity index (χ0n) is 16.0. The Hall–Kier alpha value is -1.56. The number of carboxylic acids is 1. The highest BCUT2D eigenvalue weighted by Crippen LogP contribution is 2.39. The molecule has 4 atom stereocenters. The Labute approximate surface area is 175 Å². The van der Waals surface area contributed by atoms with E-state index < -0.39 is 12.1 Å². The highest BCUT2D eigenvalue weighted by molar-refractivity contribution is 7.13. The Morgan fingerprint density at radius 2 is 2.11 bits per heavy atom. The molecule has 0 spiro atoms. The monoisotopic (exact) mass is 422 g/mol. The number of hydrogen-bond donors (Lipinski definition) is 2. The summed E-state index contributed by atoms with van der Waals surface area (Å²) in [6.07, 6.45) is 3.76. The predicted octanol–water partition coefficient (Wildman–Crippen LogP) is 5.01. The molecule has 0 aliphatic heterocycles. The van der Waals surface area contributed by atoms with Gasteiger partial charge in [0.25, 0.3) is 0 Å². The first-order valence-corrected chi connectivity index (χ1v) is 11.1. The molecule has 1 saturated carbocycles. The molecule has 4 nitrogen and oxygen atoms in total. The smallest absolute Gasteiger partial charge is 0.345 e. The second-order valence-corrected chi connectivity index (χ2v) is 9.15. The third-order valence-electron chi connectivity index (χ3n) is 5.56. The van der Waals surface area contributed by atoms with Crippen LogP contribution in [0.5, 0.6) is 5.75 Å². The topological polar surface area (TPSA) is 66.8 Å². The van der Waals surface area contributed by atoms with Gasteiger partial charge in [0, 0.05) is 16.2 Å². The van der Waals surface area contributed by atoms with Crippen LogP contribution in [0.3, 0.4) is 0 Å². The standard InChI is InChI=1S/C22H27ClO4S/c1-2-14-5-3-6-15(11-14)27-13-18-17(19(23)12-20(18)24)8-4-7-16-9-10-21(28-16)22(25)26/h3,5-6,9-11,17-20,24H,2,4,7-8,12-13H2,1H3,(H,25,26)/t17-,18-,19-,20-/m1/s1. The quantitative estimate of drug-likeness (QED) is 0.557. The number of ether oxygens (including phenoxy) is 1. The van der Waals surface area contributed by atoms with Crippen LogP contribution < -0.4 is 4.74 Å². The summed E-state index contributed by atoms with van der Waals surface area (Å²) in [6, 6.07) is 11.6. The first-order valence-electron chi connectivity index (χ1n) is 9.83. The van der Waals surface area contributed by atoms with Gasteiger partial charge in [-0.1, -0.05) is 19.1 Å². The van der Waals surface area contributed by atoms with Crippen molar-refractivity contribution in [1.82, 2.24) is 0 Å². The van der Waals surface area contributed by atoms with E-state index in [-0.39, 0.29) is 17.2 Å². The molecular weight excluding hydrogens is 396 g/mol. The maximum atomic E-state index is 11.0. The van der Waals surface area contributed by atoms with Gasteiger partial charge in [-0.25, -0.2) is 4.79 Å². The molecule has 0 saturated heterocycles. The first-order chi connectivity index (χ1) is 13.5. The number of halogens is 1. The second kappa shape index (κ2) is 9.77. The number of alkyl halides is 1. The Kier molecular flexibility index (Phi) is 7.38. The third-order valence-corrected chi connectivity index (χ3v) is 7.19. The Morgan fingerprint density at radius 1 is 1.29 bits per heavy atom. The molecule has 1 aliphatic carbocycles. The number of carboxylic acid groups (broad SMARTS) is 1. The number of aliphatic hydroxyl groups is 1. The molecule has 0 unspecified atom stereocenters.